The Morgan fingerprint density at radius 2 is 1.64 bits per heavy atom. The topological polar surface area (TPSA) is 78.7 Å². The number of nitrogens with one attached hydrogen (secondary N) is 1. The van der Waals surface area contributed by atoms with Crippen LogP contribution in [-0.2, 0) is 4.79 Å². The van der Waals surface area contributed by atoms with Crippen molar-refractivity contribution in [3.8, 4) is 0 Å². The van der Waals surface area contributed by atoms with Gasteiger partial charge in [0.25, 0.3) is 5.69 Å². The van der Waals surface area contributed by atoms with Crippen molar-refractivity contribution in [3.63, 3.8) is 0 Å². The molecule has 0 aliphatic carbocycles. The van der Waals surface area contributed by atoms with Crippen LogP contribution in [0.25, 0.3) is 0 Å². The van der Waals surface area contributed by atoms with Gasteiger partial charge in [-0.25, -0.2) is 0 Å². The van der Waals surface area contributed by atoms with Crippen LogP contribution in [0.2, 0.25) is 0 Å². The van der Waals surface area contributed by atoms with Crippen molar-refractivity contribution in [2.75, 3.05) is 26.2 Å². The van der Waals surface area contributed by atoms with Crippen molar-refractivity contribution in [3.05, 3.63) is 39.9 Å². The third-order valence-corrected chi connectivity index (χ3v) is 4.84. The standard InChI is InChI=1S/C18H28N4O3/c1-13(2)19-18(23)15(4)21-11-9-20(10-12-21)14(3)16-7-5-6-8-17(16)22(24)25/h5-8,13-15H,9-12H2,1-4H3,(H,19,23)/t14-,15+/m1/s1. The van der Waals surface area contributed by atoms with Crippen LogP contribution in [0.3, 0.4) is 0 Å². The predicted molar refractivity (Wildman–Crippen MR) is 97.4 cm³/mol. The van der Waals surface area contributed by atoms with Gasteiger partial charge in [-0.1, -0.05) is 18.2 Å². The summed E-state index contributed by atoms with van der Waals surface area (Å²) < 4.78 is 0. The molecule has 2 atom stereocenters. The summed E-state index contributed by atoms with van der Waals surface area (Å²) in [6.07, 6.45) is 0. The number of amides is 1. The Morgan fingerprint density at radius 1 is 1.08 bits per heavy atom. The second kappa shape index (κ2) is 8.40. The molecule has 1 aromatic carbocycles. The number of nitrogens with zero attached hydrogens (tertiary/aromatic N) is 3. The summed E-state index contributed by atoms with van der Waals surface area (Å²) in [4.78, 5) is 27.5. The fourth-order valence-corrected chi connectivity index (χ4v) is 3.29. The maximum Gasteiger partial charge on any atom is 0.274 e. The van der Waals surface area contributed by atoms with E-state index in [-0.39, 0.29) is 34.6 Å². The molecule has 2 rings (SSSR count). The summed E-state index contributed by atoms with van der Waals surface area (Å²) in [5, 5.41) is 14.2. The van der Waals surface area contributed by atoms with Gasteiger partial charge in [0, 0.05) is 49.9 Å². The third kappa shape index (κ3) is 4.76. The van der Waals surface area contributed by atoms with Gasteiger partial charge in [-0.15, -0.1) is 0 Å². The lowest BCUT2D eigenvalue weighted by molar-refractivity contribution is -0.386. The second-order valence-corrected chi connectivity index (χ2v) is 6.90. The van der Waals surface area contributed by atoms with Crippen LogP contribution in [-0.4, -0.2) is 58.9 Å². The van der Waals surface area contributed by atoms with E-state index in [1.807, 2.05) is 39.8 Å². The maximum absolute atomic E-state index is 12.2. The molecule has 1 N–H and O–H groups in total. The Balaban J connectivity index is 1.98. The fraction of sp³-hybridized carbons (Fsp3) is 0.611. The van der Waals surface area contributed by atoms with Gasteiger partial charge in [-0.05, 0) is 27.7 Å². The van der Waals surface area contributed by atoms with Crippen LogP contribution in [0.15, 0.2) is 24.3 Å². The van der Waals surface area contributed by atoms with Crippen molar-refractivity contribution >= 4 is 11.6 Å². The molecule has 1 aromatic rings. The normalized spacial score (nSPS) is 18.8. The van der Waals surface area contributed by atoms with Gasteiger partial charge in [-0.3, -0.25) is 24.7 Å². The van der Waals surface area contributed by atoms with Crippen molar-refractivity contribution in [1.82, 2.24) is 15.1 Å². The summed E-state index contributed by atoms with van der Waals surface area (Å²) in [6.45, 7) is 11.0. The van der Waals surface area contributed by atoms with E-state index in [0.717, 1.165) is 31.7 Å². The Hall–Kier alpha value is -1.99. The molecule has 25 heavy (non-hydrogen) atoms. The number of nitro groups is 1. The van der Waals surface area contributed by atoms with E-state index >= 15 is 0 Å². The lowest BCUT2D eigenvalue weighted by Gasteiger charge is -2.40. The molecule has 1 heterocycles. The molecule has 0 aromatic heterocycles. The van der Waals surface area contributed by atoms with Crippen LogP contribution >= 0.6 is 0 Å². The zero-order chi connectivity index (χ0) is 18.6. The molecular weight excluding hydrogens is 320 g/mol. The number of benzene rings is 1. The van der Waals surface area contributed by atoms with Crippen LogP contribution in [0.5, 0.6) is 0 Å². The SMILES string of the molecule is CC(C)NC(=O)[C@H](C)N1CCN([C@H](C)c2ccccc2[N+](=O)[O-])CC1. The van der Waals surface area contributed by atoms with Crippen molar-refractivity contribution < 1.29 is 9.72 Å². The molecule has 0 spiro atoms. The fourth-order valence-electron chi connectivity index (χ4n) is 3.29. The van der Waals surface area contributed by atoms with E-state index < -0.39 is 0 Å². The maximum atomic E-state index is 12.2. The van der Waals surface area contributed by atoms with Gasteiger partial charge in [-0.2, -0.15) is 0 Å². The zero-order valence-electron chi connectivity index (χ0n) is 15.4. The number of piperazine rings is 1. The molecule has 1 aliphatic rings. The Kier molecular flexibility index (Phi) is 6.50. The minimum Gasteiger partial charge on any atom is -0.353 e. The van der Waals surface area contributed by atoms with Gasteiger partial charge in [0.15, 0.2) is 0 Å². The average Bonchev–Trinajstić information content (AvgIpc) is 2.60. The highest BCUT2D eigenvalue weighted by Crippen LogP contribution is 2.29. The van der Waals surface area contributed by atoms with Crippen LogP contribution in [0.4, 0.5) is 5.69 Å². The first kappa shape index (κ1) is 19.3. The van der Waals surface area contributed by atoms with E-state index in [2.05, 4.69) is 15.1 Å². The monoisotopic (exact) mass is 348 g/mol. The molecule has 7 nitrogen and oxygen atoms in total. The summed E-state index contributed by atoms with van der Waals surface area (Å²) in [6, 6.07) is 6.87. The number of hydrogen-bond acceptors (Lipinski definition) is 5. The predicted octanol–water partition coefficient (Wildman–Crippen LogP) is 2.19. The lowest BCUT2D eigenvalue weighted by Crippen LogP contribution is -2.54. The number of carbonyl (C=O) groups is 1. The van der Waals surface area contributed by atoms with Gasteiger partial charge in [0.2, 0.25) is 5.91 Å². The van der Waals surface area contributed by atoms with Crippen molar-refractivity contribution in [2.24, 2.45) is 0 Å². The van der Waals surface area contributed by atoms with E-state index in [0.29, 0.717) is 0 Å². The quantitative estimate of drug-likeness (QED) is 0.630. The van der Waals surface area contributed by atoms with Gasteiger partial charge < -0.3 is 5.32 Å². The molecule has 0 unspecified atom stereocenters. The first-order valence-corrected chi connectivity index (χ1v) is 8.83. The van der Waals surface area contributed by atoms with Crippen LogP contribution in [0, 0.1) is 10.1 Å². The molecule has 1 saturated heterocycles. The lowest BCUT2D eigenvalue weighted by atomic mass is 10.0. The van der Waals surface area contributed by atoms with E-state index in [1.54, 1.807) is 12.1 Å². The van der Waals surface area contributed by atoms with Crippen LogP contribution in [0.1, 0.15) is 39.3 Å². The highest BCUT2D eigenvalue weighted by Gasteiger charge is 2.30. The highest BCUT2D eigenvalue weighted by atomic mass is 16.6. The van der Waals surface area contributed by atoms with Gasteiger partial charge in [0.05, 0.1) is 11.0 Å². The molecule has 1 amide bonds. The Labute approximate surface area is 149 Å². The Bertz CT molecular complexity index is 612. The Morgan fingerprint density at radius 3 is 2.20 bits per heavy atom. The molecule has 7 heteroatoms. The molecular formula is C18H28N4O3. The van der Waals surface area contributed by atoms with Gasteiger partial charge in [0.1, 0.15) is 0 Å². The smallest absolute Gasteiger partial charge is 0.274 e. The number of carbonyl (C=O) groups excluding carboxylic acids is 1. The molecule has 138 valence electrons. The first-order chi connectivity index (χ1) is 11.8. The molecule has 1 aliphatic heterocycles. The minimum absolute atomic E-state index is 0.0245. The molecule has 0 saturated carbocycles. The van der Waals surface area contributed by atoms with Crippen LogP contribution < -0.4 is 5.32 Å². The van der Waals surface area contributed by atoms with E-state index in [4.69, 9.17) is 0 Å². The molecule has 0 radical (unpaired) electrons. The molecule has 1 fully saturated rings. The number of hydrogen-bond donors (Lipinski definition) is 1. The minimum atomic E-state index is -0.319. The second-order valence-electron chi connectivity index (χ2n) is 6.90. The van der Waals surface area contributed by atoms with Crippen molar-refractivity contribution in [2.45, 2.75) is 45.8 Å². The summed E-state index contributed by atoms with van der Waals surface area (Å²) >= 11 is 0. The summed E-state index contributed by atoms with van der Waals surface area (Å²) in [5.74, 6) is 0.0511. The average molecular weight is 348 g/mol. The highest BCUT2D eigenvalue weighted by molar-refractivity contribution is 5.81. The van der Waals surface area contributed by atoms with Gasteiger partial charge >= 0.3 is 0 Å². The molecule has 0 bridgehead atoms. The zero-order valence-corrected chi connectivity index (χ0v) is 15.4. The number of para-hydroxylation sites is 1. The largest absolute Gasteiger partial charge is 0.353 e. The van der Waals surface area contributed by atoms with Crippen molar-refractivity contribution in [1.29, 1.82) is 0 Å². The summed E-state index contributed by atoms with van der Waals surface area (Å²) in [5.41, 5.74) is 0.911. The third-order valence-electron chi connectivity index (χ3n) is 4.84. The van der Waals surface area contributed by atoms with E-state index in [9.17, 15) is 14.9 Å². The number of rotatable bonds is 6. The number of nitro benzene ring substituents is 1. The summed E-state index contributed by atoms with van der Waals surface area (Å²) in [7, 11) is 0. The van der Waals surface area contributed by atoms with E-state index in [1.165, 1.54) is 0 Å². The first-order valence-electron chi connectivity index (χ1n) is 8.83.